The summed E-state index contributed by atoms with van der Waals surface area (Å²) in [4.78, 5) is 12.1. The number of rotatable bonds is 7. The molecule has 5 heteroatoms. The maximum Gasteiger partial charge on any atom is 0.162 e. The first-order chi connectivity index (χ1) is 15.4. The molecule has 0 bridgehead atoms. The van der Waals surface area contributed by atoms with Gasteiger partial charge in [-0.2, -0.15) is 5.10 Å². The van der Waals surface area contributed by atoms with Gasteiger partial charge in [0.05, 0.1) is 11.4 Å². The molecule has 3 aromatic carbocycles. The molecular formula is C27H24ClN3O. The van der Waals surface area contributed by atoms with Crippen LogP contribution in [-0.4, -0.2) is 15.6 Å². The fourth-order valence-electron chi connectivity index (χ4n) is 3.54. The molecule has 4 rings (SSSR count). The van der Waals surface area contributed by atoms with Crippen LogP contribution in [0.15, 0.2) is 72.8 Å². The first kappa shape index (κ1) is 21.8. The Balaban J connectivity index is 1.72. The van der Waals surface area contributed by atoms with Crippen molar-refractivity contribution in [3.05, 3.63) is 101 Å². The van der Waals surface area contributed by atoms with Crippen LogP contribution in [0.5, 0.6) is 0 Å². The summed E-state index contributed by atoms with van der Waals surface area (Å²) in [5, 5.41) is 8.97. The van der Waals surface area contributed by atoms with Crippen LogP contribution in [0.1, 0.15) is 34.3 Å². The minimum Gasteiger partial charge on any atom is -0.340 e. The molecule has 0 amide bonds. The van der Waals surface area contributed by atoms with Crippen LogP contribution in [0.25, 0.3) is 16.9 Å². The van der Waals surface area contributed by atoms with Gasteiger partial charge < -0.3 is 5.32 Å². The molecule has 1 heterocycles. The molecule has 32 heavy (non-hydrogen) atoms. The van der Waals surface area contributed by atoms with E-state index in [2.05, 4.69) is 30.4 Å². The number of nitrogens with zero attached hydrogens (tertiary/aromatic N) is 2. The van der Waals surface area contributed by atoms with Gasteiger partial charge in [-0.1, -0.05) is 29.3 Å². The number of aryl methyl sites for hydroxylation is 2. The zero-order valence-electron chi connectivity index (χ0n) is 18.1. The maximum atomic E-state index is 12.1. The summed E-state index contributed by atoms with van der Waals surface area (Å²) in [5.74, 6) is 0.852. The molecule has 0 spiro atoms. The number of Topliss-reactive ketones (excluding diaryl/α,β-unsaturated/α-hetero) is 1. The molecule has 1 N–H and O–H groups in total. The van der Waals surface area contributed by atoms with Gasteiger partial charge in [0.15, 0.2) is 5.78 Å². The molecule has 160 valence electrons. The van der Waals surface area contributed by atoms with Crippen molar-refractivity contribution in [2.45, 2.75) is 26.7 Å². The Labute approximate surface area is 193 Å². The van der Waals surface area contributed by atoms with E-state index in [0.717, 1.165) is 34.0 Å². The number of anilines is 2. The third-order valence-electron chi connectivity index (χ3n) is 5.18. The van der Waals surface area contributed by atoms with Gasteiger partial charge in [-0.15, -0.1) is 0 Å². The number of hydrogen-bond acceptors (Lipinski definition) is 3. The van der Waals surface area contributed by atoms with Crippen molar-refractivity contribution in [2.75, 3.05) is 5.32 Å². The number of aromatic nitrogens is 2. The Hall–Kier alpha value is -3.37. The molecule has 0 fully saturated rings. The van der Waals surface area contributed by atoms with E-state index in [1.54, 1.807) is 0 Å². The van der Waals surface area contributed by atoms with Crippen LogP contribution < -0.4 is 5.32 Å². The van der Waals surface area contributed by atoms with E-state index in [9.17, 15) is 4.79 Å². The molecule has 0 aliphatic heterocycles. The van der Waals surface area contributed by atoms with E-state index < -0.39 is 0 Å². The lowest BCUT2D eigenvalue weighted by atomic mass is 10.1. The third kappa shape index (κ3) is 4.92. The number of nitrogens with one attached hydrogen (secondary N) is 1. The lowest BCUT2D eigenvalue weighted by Gasteiger charge is -2.10. The fraction of sp³-hybridized carbons (Fsp3) is 0.148. The Morgan fingerprint density at radius 1 is 0.969 bits per heavy atom. The van der Waals surface area contributed by atoms with E-state index in [1.807, 2.05) is 66.2 Å². The standard InChI is InChI=1S/C27H24ClN3O/c1-4-5-26(32)20-8-10-23(11-9-20)29-27-17-25(21-14-19(3)15-22(28)16-21)30-31(27)24-12-6-18(2)7-13-24/h1,6-17,29H,4-5H2,2-3H3. The highest BCUT2D eigenvalue weighted by atomic mass is 35.5. The van der Waals surface area contributed by atoms with Crippen LogP contribution in [0.3, 0.4) is 0 Å². The molecule has 0 aliphatic rings. The predicted octanol–water partition coefficient (Wildman–Crippen LogP) is 7.23. The van der Waals surface area contributed by atoms with Crippen LogP contribution in [0.2, 0.25) is 5.02 Å². The first-order valence-electron chi connectivity index (χ1n) is 10.5. The summed E-state index contributed by atoms with van der Waals surface area (Å²) in [7, 11) is 0. The highest BCUT2D eigenvalue weighted by Crippen LogP contribution is 2.29. The van der Waals surface area contributed by atoms with Crippen molar-refractivity contribution in [3.8, 4) is 16.9 Å². The normalized spacial score (nSPS) is 10.9. The van der Waals surface area contributed by atoms with E-state index >= 15 is 0 Å². The molecule has 4 nitrogen and oxygen atoms in total. The Morgan fingerprint density at radius 2 is 1.69 bits per heavy atom. The lowest BCUT2D eigenvalue weighted by Crippen LogP contribution is -2.03. The second-order valence-electron chi connectivity index (χ2n) is 7.84. The Kier molecular flexibility index (Phi) is 6.42. The summed E-state index contributed by atoms with van der Waals surface area (Å²) in [5.41, 5.74) is 6.47. The molecule has 0 saturated carbocycles. The van der Waals surface area contributed by atoms with Gasteiger partial charge in [-0.3, -0.25) is 4.79 Å². The third-order valence-corrected chi connectivity index (χ3v) is 5.39. The Bertz CT molecular complexity index is 1220. The van der Waals surface area contributed by atoms with Gasteiger partial charge in [0, 0.05) is 34.3 Å². The largest absolute Gasteiger partial charge is 0.340 e. The van der Waals surface area contributed by atoms with Crippen LogP contribution in [0, 0.1) is 20.8 Å². The number of ketones is 1. The monoisotopic (exact) mass is 441 g/mol. The zero-order chi connectivity index (χ0) is 22.7. The molecule has 0 atom stereocenters. The van der Waals surface area contributed by atoms with E-state index in [-0.39, 0.29) is 5.78 Å². The minimum atomic E-state index is 0.0439. The summed E-state index contributed by atoms with van der Waals surface area (Å²) in [6, 6.07) is 23.5. The van der Waals surface area contributed by atoms with Crippen molar-refractivity contribution >= 4 is 28.9 Å². The minimum absolute atomic E-state index is 0.0439. The molecule has 2 radical (unpaired) electrons. The van der Waals surface area contributed by atoms with Gasteiger partial charge in [-0.25, -0.2) is 4.68 Å². The quantitative estimate of drug-likeness (QED) is 0.308. The zero-order valence-corrected chi connectivity index (χ0v) is 18.9. The van der Waals surface area contributed by atoms with Gasteiger partial charge in [-0.05, 0) is 87.4 Å². The summed E-state index contributed by atoms with van der Waals surface area (Å²) in [6.45, 7) is 9.57. The van der Waals surface area contributed by atoms with Crippen LogP contribution in [0.4, 0.5) is 11.5 Å². The second-order valence-corrected chi connectivity index (χ2v) is 8.28. The summed E-state index contributed by atoms with van der Waals surface area (Å²) in [6.07, 6.45) is 0.690. The van der Waals surface area contributed by atoms with E-state index in [0.29, 0.717) is 23.4 Å². The number of carbonyl (C=O) groups excluding carboxylic acids is 1. The van der Waals surface area contributed by atoms with Gasteiger partial charge in [0.1, 0.15) is 5.82 Å². The van der Waals surface area contributed by atoms with Crippen molar-refractivity contribution in [3.63, 3.8) is 0 Å². The van der Waals surface area contributed by atoms with E-state index in [4.69, 9.17) is 23.6 Å². The predicted molar refractivity (Wildman–Crippen MR) is 131 cm³/mol. The molecule has 4 aromatic rings. The molecule has 0 unspecified atom stereocenters. The average Bonchev–Trinajstić information content (AvgIpc) is 3.18. The van der Waals surface area contributed by atoms with Crippen molar-refractivity contribution < 1.29 is 4.79 Å². The van der Waals surface area contributed by atoms with Crippen molar-refractivity contribution in [1.29, 1.82) is 0 Å². The maximum absolute atomic E-state index is 12.1. The van der Waals surface area contributed by atoms with Gasteiger partial charge >= 0.3 is 0 Å². The molecule has 0 aliphatic carbocycles. The topological polar surface area (TPSA) is 46.9 Å². The highest BCUT2D eigenvalue weighted by Gasteiger charge is 2.13. The SMILES string of the molecule is [CH]CCC(=O)c1ccc(Nc2cc(-c3cc(C)cc(Cl)c3)nn2-c2ccc(C)cc2)cc1. The Morgan fingerprint density at radius 3 is 2.34 bits per heavy atom. The average molecular weight is 442 g/mol. The number of halogens is 1. The number of hydrogen-bond donors (Lipinski definition) is 1. The van der Waals surface area contributed by atoms with E-state index in [1.165, 1.54) is 5.56 Å². The smallest absolute Gasteiger partial charge is 0.162 e. The highest BCUT2D eigenvalue weighted by molar-refractivity contribution is 6.30. The van der Waals surface area contributed by atoms with Gasteiger partial charge in [0.2, 0.25) is 0 Å². The van der Waals surface area contributed by atoms with Gasteiger partial charge in [0.25, 0.3) is 0 Å². The number of benzene rings is 3. The van der Waals surface area contributed by atoms with Crippen molar-refractivity contribution in [2.24, 2.45) is 0 Å². The van der Waals surface area contributed by atoms with Crippen LogP contribution >= 0.6 is 11.6 Å². The molecular weight excluding hydrogens is 418 g/mol. The second kappa shape index (κ2) is 9.41. The summed E-state index contributed by atoms with van der Waals surface area (Å²) < 4.78 is 1.87. The first-order valence-corrected chi connectivity index (χ1v) is 10.9. The molecule has 1 aromatic heterocycles. The lowest BCUT2D eigenvalue weighted by molar-refractivity contribution is 0.0983. The fourth-order valence-corrected chi connectivity index (χ4v) is 3.83. The van der Waals surface area contributed by atoms with Crippen molar-refractivity contribution in [1.82, 2.24) is 9.78 Å². The number of carbonyl (C=O) groups is 1. The van der Waals surface area contributed by atoms with Crippen LogP contribution in [-0.2, 0) is 0 Å². The summed E-state index contributed by atoms with van der Waals surface area (Å²) >= 11 is 6.29. The molecule has 0 saturated heterocycles.